The highest BCUT2D eigenvalue weighted by molar-refractivity contribution is 6.11. The van der Waals surface area contributed by atoms with Crippen molar-refractivity contribution in [2.45, 2.75) is 11.5 Å². The van der Waals surface area contributed by atoms with E-state index in [0.29, 0.717) is 12.2 Å². The summed E-state index contributed by atoms with van der Waals surface area (Å²) in [5, 5.41) is 14.0. The monoisotopic (exact) mass is 417 g/mol. The van der Waals surface area contributed by atoms with E-state index >= 15 is 0 Å². The number of carbonyl (C=O) groups is 2. The van der Waals surface area contributed by atoms with Crippen molar-refractivity contribution >= 4 is 23.1 Å². The van der Waals surface area contributed by atoms with Gasteiger partial charge in [-0.1, -0.05) is 30.3 Å². The van der Waals surface area contributed by atoms with Crippen LogP contribution >= 0.6 is 0 Å². The number of nitro groups is 1. The summed E-state index contributed by atoms with van der Waals surface area (Å²) in [7, 11) is 1.83. The lowest BCUT2D eigenvalue weighted by Gasteiger charge is -2.35. The van der Waals surface area contributed by atoms with Gasteiger partial charge in [0.15, 0.2) is 5.76 Å². The predicted molar refractivity (Wildman–Crippen MR) is 112 cm³/mol. The Morgan fingerprint density at radius 3 is 2.58 bits per heavy atom. The zero-order chi connectivity index (χ0) is 21.8. The van der Waals surface area contributed by atoms with Gasteiger partial charge in [0, 0.05) is 35.8 Å². The van der Waals surface area contributed by atoms with E-state index in [1.54, 1.807) is 24.3 Å². The van der Waals surface area contributed by atoms with Crippen molar-refractivity contribution < 1.29 is 18.9 Å². The van der Waals surface area contributed by atoms with Crippen LogP contribution in [0.1, 0.15) is 27.6 Å². The van der Waals surface area contributed by atoms with E-state index in [1.807, 2.05) is 36.2 Å². The number of nitrogens with one attached hydrogen (secondary N) is 1. The van der Waals surface area contributed by atoms with Gasteiger partial charge >= 0.3 is 0 Å². The van der Waals surface area contributed by atoms with Gasteiger partial charge in [0.2, 0.25) is 11.7 Å². The van der Waals surface area contributed by atoms with Crippen molar-refractivity contribution in [2.75, 3.05) is 18.9 Å². The minimum absolute atomic E-state index is 0.0253. The number of anilines is 1. The molecule has 2 aromatic carbocycles. The molecule has 1 spiro atoms. The van der Waals surface area contributed by atoms with Gasteiger partial charge in [-0.2, -0.15) is 0 Å². The van der Waals surface area contributed by atoms with Crippen LogP contribution in [-0.2, 0) is 10.3 Å². The molecule has 8 nitrogen and oxygen atoms in total. The lowest BCUT2D eigenvalue weighted by atomic mass is 9.71. The number of likely N-dealkylation sites (N-methyl/N-ethyl adjacent to an activating group) is 1. The minimum atomic E-state index is -1.20. The number of carbonyl (C=O) groups excluding carboxylic acids is 2. The topological polar surface area (TPSA) is 106 Å². The second-order valence-corrected chi connectivity index (χ2v) is 7.92. The molecule has 0 saturated carbocycles. The number of hydrogen-bond donors (Lipinski definition) is 1. The molecule has 0 bridgehead atoms. The van der Waals surface area contributed by atoms with E-state index in [4.69, 9.17) is 4.42 Å². The largest absolute Gasteiger partial charge is 0.461 e. The van der Waals surface area contributed by atoms with Gasteiger partial charge in [0.05, 0.1) is 17.1 Å². The highest BCUT2D eigenvalue weighted by Crippen LogP contribution is 2.55. The van der Waals surface area contributed by atoms with Crippen LogP contribution in [0.2, 0.25) is 0 Å². The fourth-order valence-electron chi connectivity index (χ4n) is 5.11. The summed E-state index contributed by atoms with van der Waals surface area (Å²) in [4.78, 5) is 39.7. The molecule has 156 valence electrons. The summed E-state index contributed by atoms with van der Waals surface area (Å²) < 4.78 is 5.41. The second-order valence-electron chi connectivity index (χ2n) is 7.92. The smallest absolute Gasteiger partial charge is 0.269 e. The van der Waals surface area contributed by atoms with Gasteiger partial charge in [-0.3, -0.25) is 24.6 Å². The summed E-state index contributed by atoms with van der Waals surface area (Å²) in [5.41, 5.74) is 0.962. The highest BCUT2D eigenvalue weighted by Gasteiger charge is 2.64. The number of non-ortho nitro benzene ring substituents is 1. The quantitative estimate of drug-likeness (QED) is 0.395. The van der Waals surface area contributed by atoms with Crippen LogP contribution in [0.5, 0.6) is 0 Å². The van der Waals surface area contributed by atoms with Crippen LogP contribution in [-0.4, -0.2) is 35.1 Å². The highest BCUT2D eigenvalue weighted by atomic mass is 16.6. The molecule has 3 heterocycles. The molecule has 1 saturated heterocycles. The fraction of sp³-hybridized carbons (Fsp3) is 0.217. The van der Waals surface area contributed by atoms with Crippen molar-refractivity contribution in [1.82, 2.24) is 4.90 Å². The first-order valence-corrected chi connectivity index (χ1v) is 9.89. The van der Waals surface area contributed by atoms with Crippen LogP contribution in [0, 0.1) is 16.0 Å². The fourth-order valence-corrected chi connectivity index (χ4v) is 5.11. The second kappa shape index (κ2) is 6.88. The molecular weight excluding hydrogens is 398 g/mol. The number of hydrogen-bond acceptors (Lipinski definition) is 6. The number of likely N-dealkylation sites (tertiary alicyclic amines) is 1. The number of rotatable bonds is 4. The number of amides is 1. The number of para-hydroxylation sites is 1. The number of fused-ring (bicyclic) bond motifs is 2. The maximum Gasteiger partial charge on any atom is 0.269 e. The molecule has 1 amide bonds. The number of Topliss-reactive ketones (excluding diaryl/α,β-unsaturated/α-hetero) is 1. The molecular formula is C23H19N3O5. The molecule has 3 atom stereocenters. The molecule has 0 aliphatic carbocycles. The Hall–Kier alpha value is -3.78. The molecule has 0 unspecified atom stereocenters. The Kier molecular flexibility index (Phi) is 4.26. The maximum atomic E-state index is 13.7. The molecule has 2 aliphatic heterocycles. The molecule has 1 fully saturated rings. The van der Waals surface area contributed by atoms with Crippen molar-refractivity contribution in [3.63, 3.8) is 0 Å². The number of benzene rings is 2. The first-order valence-electron chi connectivity index (χ1n) is 9.89. The Morgan fingerprint density at radius 2 is 1.90 bits per heavy atom. The van der Waals surface area contributed by atoms with Gasteiger partial charge in [-0.05, 0) is 30.8 Å². The maximum absolute atomic E-state index is 13.7. The van der Waals surface area contributed by atoms with Gasteiger partial charge in [0.1, 0.15) is 5.54 Å². The van der Waals surface area contributed by atoms with Crippen molar-refractivity contribution in [3.8, 4) is 0 Å². The summed E-state index contributed by atoms with van der Waals surface area (Å²) in [6.07, 6.45) is 1.43. The zero-order valence-corrected chi connectivity index (χ0v) is 16.6. The van der Waals surface area contributed by atoms with E-state index in [1.165, 1.54) is 18.4 Å². The first-order chi connectivity index (χ1) is 14.9. The van der Waals surface area contributed by atoms with E-state index < -0.39 is 16.4 Å². The number of ketones is 1. The average molecular weight is 417 g/mol. The Morgan fingerprint density at radius 1 is 1.16 bits per heavy atom. The lowest BCUT2D eigenvalue weighted by Crippen LogP contribution is -2.51. The van der Waals surface area contributed by atoms with Gasteiger partial charge in [-0.15, -0.1) is 0 Å². The summed E-state index contributed by atoms with van der Waals surface area (Å²) in [6, 6.07) is 16.8. The predicted octanol–water partition coefficient (Wildman–Crippen LogP) is 3.56. The molecule has 5 rings (SSSR count). The first kappa shape index (κ1) is 19.2. The van der Waals surface area contributed by atoms with E-state index in [0.717, 1.165) is 11.1 Å². The molecule has 2 aliphatic rings. The third-order valence-electron chi connectivity index (χ3n) is 6.44. The van der Waals surface area contributed by atoms with Gasteiger partial charge in [0.25, 0.3) is 5.69 Å². The van der Waals surface area contributed by atoms with Crippen LogP contribution in [0.15, 0.2) is 71.3 Å². The minimum Gasteiger partial charge on any atom is -0.461 e. The Labute approximate surface area is 177 Å². The van der Waals surface area contributed by atoms with E-state index in [2.05, 4.69) is 5.32 Å². The summed E-state index contributed by atoms with van der Waals surface area (Å²) >= 11 is 0. The van der Waals surface area contributed by atoms with Crippen molar-refractivity contribution in [3.05, 3.63) is 93.9 Å². The summed E-state index contributed by atoms with van der Waals surface area (Å²) in [6.45, 7) is 0.427. The zero-order valence-electron chi connectivity index (χ0n) is 16.6. The third-order valence-corrected chi connectivity index (χ3v) is 6.44. The molecule has 1 N–H and O–H groups in total. The molecule has 0 radical (unpaired) electrons. The van der Waals surface area contributed by atoms with Crippen LogP contribution < -0.4 is 5.32 Å². The number of nitro benzene ring substituents is 1. The normalized spacial score (nSPS) is 24.9. The Balaban J connectivity index is 1.69. The number of furan rings is 1. The average Bonchev–Trinajstić information content (AvgIpc) is 3.47. The number of nitrogens with zero attached hydrogens (tertiary/aromatic N) is 2. The molecule has 8 heteroatoms. The van der Waals surface area contributed by atoms with Crippen LogP contribution in [0.4, 0.5) is 11.4 Å². The standard InChI is InChI=1S/C23H19N3O5/c1-25-13-16(14-8-10-15(11-9-14)26(29)30)20(21(27)19-7-4-12-31-19)23(25)17-5-2-3-6-18(17)24-22(23)28/h2-12,16,20H,13H2,1H3,(H,24,28)/t16-,20+,23+/m0/s1. The molecule has 1 aromatic heterocycles. The summed E-state index contributed by atoms with van der Waals surface area (Å²) in [5.74, 6) is -1.48. The van der Waals surface area contributed by atoms with Crippen molar-refractivity contribution in [2.24, 2.45) is 5.92 Å². The van der Waals surface area contributed by atoms with E-state index in [9.17, 15) is 19.7 Å². The van der Waals surface area contributed by atoms with Crippen LogP contribution in [0.25, 0.3) is 0 Å². The van der Waals surface area contributed by atoms with Gasteiger partial charge in [-0.25, -0.2) is 0 Å². The third kappa shape index (κ3) is 2.65. The van der Waals surface area contributed by atoms with Crippen molar-refractivity contribution in [1.29, 1.82) is 0 Å². The molecule has 31 heavy (non-hydrogen) atoms. The van der Waals surface area contributed by atoms with E-state index in [-0.39, 0.29) is 29.1 Å². The van der Waals surface area contributed by atoms with Crippen LogP contribution in [0.3, 0.4) is 0 Å². The van der Waals surface area contributed by atoms with Gasteiger partial charge < -0.3 is 9.73 Å². The lowest BCUT2D eigenvalue weighted by molar-refractivity contribution is -0.384. The molecule has 3 aromatic rings. The Bertz CT molecular complexity index is 1190. The SMILES string of the molecule is CN1C[C@@H](c2ccc([N+](=O)[O-])cc2)[C@H](C(=O)c2ccco2)[C@]12C(=O)Nc1ccccc12.